The fourth-order valence-corrected chi connectivity index (χ4v) is 9.66. The van der Waals surface area contributed by atoms with E-state index in [1.165, 1.54) is 0 Å². The highest BCUT2D eigenvalue weighted by molar-refractivity contribution is 6.36. The van der Waals surface area contributed by atoms with Crippen LogP contribution in [0.2, 0.25) is 0 Å². The first kappa shape index (κ1) is 24.8. The molecule has 0 radical (unpaired) electrons. The topological polar surface area (TPSA) is 116 Å². The normalized spacial score (nSPS) is 30.0. The molecule has 2 fully saturated rings. The highest BCUT2D eigenvalue weighted by Gasteiger charge is 2.97. The van der Waals surface area contributed by atoms with Gasteiger partial charge in [-0.1, -0.05) is 72.8 Å². The van der Waals surface area contributed by atoms with Gasteiger partial charge in [-0.2, -0.15) is 10.5 Å². The smallest absolute Gasteiger partial charge is 0.191 e. The van der Waals surface area contributed by atoms with Gasteiger partial charge >= 0.3 is 0 Å². The van der Waals surface area contributed by atoms with Crippen LogP contribution in [0.15, 0.2) is 108 Å². The molecular formula is C38H20N2O4. The summed E-state index contributed by atoms with van der Waals surface area (Å²) in [7, 11) is 0. The van der Waals surface area contributed by atoms with Crippen LogP contribution in [0.5, 0.6) is 0 Å². The predicted octanol–water partition coefficient (Wildman–Crippen LogP) is 6.00. The van der Waals surface area contributed by atoms with Crippen molar-refractivity contribution >= 4 is 23.1 Å². The van der Waals surface area contributed by atoms with Crippen LogP contribution in [0.3, 0.4) is 0 Å². The Labute approximate surface area is 251 Å². The molecule has 4 aromatic rings. The number of nitrogens with zero attached hydrogens (tertiary/aromatic N) is 2. The molecule has 6 aliphatic carbocycles. The van der Waals surface area contributed by atoms with Crippen molar-refractivity contribution < 1.29 is 19.2 Å². The molecular weight excluding hydrogens is 548 g/mol. The fourth-order valence-electron chi connectivity index (χ4n) is 9.66. The highest BCUT2D eigenvalue weighted by atomic mass is 16.2. The lowest BCUT2D eigenvalue weighted by Gasteiger charge is -2.48. The molecule has 6 aliphatic rings. The predicted molar refractivity (Wildman–Crippen MR) is 157 cm³/mol. The van der Waals surface area contributed by atoms with Crippen LogP contribution in [0.4, 0.5) is 0 Å². The van der Waals surface area contributed by atoms with Crippen molar-refractivity contribution in [3.8, 4) is 12.1 Å². The molecule has 10 rings (SSSR count). The number of allylic oxidation sites excluding steroid dienone is 2. The summed E-state index contributed by atoms with van der Waals surface area (Å²) in [6.45, 7) is 0. The van der Waals surface area contributed by atoms with Gasteiger partial charge in [0, 0.05) is 45.2 Å². The van der Waals surface area contributed by atoms with E-state index in [4.69, 9.17) is 0 Å². The Morgan fingerprint density at radius 2 is 1.05 bits per heavy atom. The number of nitriles is 2. The number of hydrogen-bond donors (Lipinski definition) is 0. The Bertz CT molecular complexity index is 2200. The van der Waals surface area contributed by atoms with Crippen LogP contribution in [-0.4, -0.2) is 23.1 Å². The van der Waals surface area contributed by atoms with Gasteiger partial charge in [-0.25, -0.2) is 0 Å². The molecule has 4 bridgehead atoms. The van der Waals surface area contributed by atoms with Gasteiger partial charge in [0.15, 0.2) is 23.1 Å². The fraction of sp³-hybridized carbons (Fsp3) is 0.158. The number of rotatable bonds is 2. The van der Waals surface area contributed by atoms with E-state index in [1.54, 1.807) is 72.8 Å². The summed E-state index contributed by atoms with van der Waals surface area (Å²) in [4.78, 5) is 59.1. The van der Waals surface area contributed by atoms with Gasteiger partial charge in [0.2, 0.25) is 0 Å². The van der Waals surface area contributed by atoms with Crippen LogP contribution in [-0.2, 0) is 0 Å². The van der Waals surface area contributed by atoms with Crippen LogP contribution in [0.25, 0.3) is 0 Å². The summed E-state index contributed by atoms with van der Waals surface area (Å²) < 4.78 is 0. The SMILES string of the molecule is N#Cc1ccc(C2C3C4=C(C(=O)c5ccccc5C4=O)C45C(=O)c6ccccc6C(=O)[C@]4(C3c3ccc(C#N)cc3)C25)cc1. The first-order valence-corrected chi connectivity index (χ1v) is 14.5. The van der Waals surface area contributed by atoms with Crippen LogP contribution >= 0.6 is 0 Å². The average molecular weight is 569 g/mol. The summed E-state index contributed by atoms with van der Waals surface area (Å²) in [5.41, 5.74) is 1.40. The Hall–Kier alpha value is -5.72. The number of benzene rings is 4. The van der Waals surface area contributed by atoms with Gasteiger partial charge < -0.3 is 0 Å². The van der Waals surface area contributed by atoms with E-state index in [9.17, 15) is 20.1 Å². The van der Waals surface area contributed by atoms with Gasteiger partial charge in [0.25, 0.3) is 0 Å². The molecule has 4 aromatic carbocycles. The van der Waals surface area contributed by atoms with Crippen LogP contribution in [0.1, 0.15) is 75.5 Å². The lowest BCUT2D eigenvalue weighted by atomic mass is 9.51. The number of Topliss-reactive ketones (excluding diaryl/α,β-unsaturated/α-hetero) is 4. The summed E-state index contributed by atoms with van der Waals surface area (Å²) in [5.74, 6) is -3.29. The maximum absolute atomic E-state index is 15.0. The van der Waals surface area contributed by atoms with Crippen molar-refractivity contribution in [3.63, 3.8) is 0 Å². The van der Waals surface area contributed by atoms with Crippen molar-refractivity contribution in [1.82, 2.24) is 0 Å². The summed E-state index contributed by atoms with van der Waals surface area (Å²) in [6.07, 6.45) is 0. The van der Waals surface area contributed by atoms with Crippen molar-refractivity contribution in [3.05, 3.63) is 153 Å². The molecule has 206 valence electrons. The summed E-state index contributed by atoms with van der Waals surface area (Å²) in [5, 5.41) is 19.0. The van der Waals surface area contributed by atoms with E-state index in [-0.39, 0.29) is 39.8 Å². The van der Waals surface area contributed by atoms with Gasteiger partial charge in [0.1, 0.15) is 0 Å². The maximum Gasteiger partial charge on any atom is 0.191 e. The lowest BCUT2D eigenvalue weighted by molar-refractivity contribution is 0.0661. The molecule has 0 saturated heterocycles. The van der Waals surface area contributed by atoms with Crippen molar-refractivity contribution in [1.29, 1.82) is 10.5 Å². The standard InChI is InChI=1S/C38H20N2O4/c39-17-19-9-13-21(14-10-19)27-28-29-31(33(42)24-6-2-1-5-23(24)32(29)41)38-34(27)37(38,30(28)22-15-11-20(18-40)12-16-22)35(43)25-7-3-4-8-26(25)36(38)44/h1-16,27-28,30,34H/t27?,28?,30?,34?,37-,38?/m0/s1. The van der Waals surface area contributed by atoms with E-state index in [2.05, 4.69) is 12.1 Å². The van der Waals surface area contributed by atoms with E-state index in [0.29, 0.717) is 27.8 Å². The van der Waals surface area contributed by atoms with E-state index < -0.39 is 34.5 Å². The van der Waals surface area contributed by atoms with Crippen LogP contribution < -0.4 is 0 Å². The number of hydrogen-bond acceptors (Lipinski definition) is 6. The quantitative estimate of drug-likeness (QED) is 0.293. The molecule has 0 aliphatic heterocycles. The van der Waals surface area contributed by atoms with Crippen molar-refractivity contribution in [2.75, 3.05) is 0 Å². The Balaban J connectivity index is 1.42. The average Bonchev–Trinajstić information content (AvgIpc) is 3.62. The largest absolute Gasteiger partial charge is 0.293 e. The van der Waals surface area contributed by atoms with Gasteiger partial charge in [-0.3, -0.25) is 19.2 Å². The second-order valence-corrected chi connectivity index (χ2v) is 12.3. The second-order valence-electron chi connectivity index (χ2n) is 12.3. The molecule has 0 aromatic heterocycles. The van der Waals surface area contributed by atoms with Crippen molar-refractivity contribution in [2.24, 2.45) is 22.7 Å². The number of carbonyl (C=O) groups is 4. The zero-order chi connectivity index (χ0) is 30.1. The minimum atomic E-state index is -1.51. The Kier molecular flexibility index (Phi) is 4.52. The van der Waals surface area contributed by atoms with Gasteiger partial charge in [0.05, 0.1) is 34.1 Å². The second kappa shape index (κ2) is 8.01. The number of ketones is 4. The van der Waals surface area contributed by atoms with Crippen LogP contribution in [0, 0.1) is 45.3 Å². The first-order chi connectivity index (χ1) is 21.4. The van der Waals surface area contributed by atoms with Gasteiger partial charge in [-0.15, -0.1) is 0 Å². The number of fused-ring (bicyclic) bond motifs is 2. The minimum Gasteiger partial charge on any atom is -0.293 e. The maximum atomic E-state index is 15.0. The molecule has 5 unspecified atom stereocenters. The molecule has 0 heterocycles. The summed E-state index contributed by atoms with van der Waals surface area (Å²) >= 11 is 0. The van der Waals surface area contributed by atoms with E-state index in [0.717, 1.165) is 11.1 Å². The van der Waals surface area contributed by atoms with Gasteiger partial charge in [-0.05, 0) is 47.2 Å². The molecule has 0 N–H and O–H groups in total. The third-order valence-corrected chi connectivity index (χ3v) is 11.0. The van der Waals surface area contributed by atoms with Crippen molar-refractivity contribution in [2.45, 2.75) is 11.8 Å². The zero-order valence-electron chi connectivity index (χ0n) is 23.1. The molecule has 6 atom stereocenters. The Morgan fingerprint density at radius 1 is 0.545 bits per heavy atom. The molecule has 2 spiro atoms. The Morgan fingerprint density at radius 3 is 1.61 bits per heavy atom. The molecule has 6 heteroatoms. The number of carbonyl (C=O) groups excluding carboxylic acids is 4. The monoisotopic (exact) mass is 568 g/mol. The van der Waals surface area contributed by atoms with E-state index in [1.807, 2.05) is 24.3 Å². The highest BCUT2D eigenvalue weighted by Crippen LogP contribution is 2.94. The lowest BCUT2D eigenvalue weighted by Crippen LogP contribution is -2.51. The first-order valence-electron chi connectivity index (χ1n) is 14.5. The van der Waals surface area contributed by atoms with E-state index >= 15 is 9.59 Å². The molecule has 2 saturated carbocycles. The molecule has 6 nitrogen and oxygen atoms in total. The summed E-state index contributed by atoms with van der Waals surface area (Å²) in [6, 6.07) is 31.9. The third kappa shape index (κ3) is 2.47. The molecule has 44 heavy (non-hydrogen) atoms. The third-order valence-electron chi connectivity index (χ3n) is 11.0. The molecule has 0 amide bonds. The minimum absolute atomic E-state index is 0.182. The zero-order valence-corrected chi connectivity index (χ0v) is 23.1.